The standard InChI is InChI=1S/C12H18N4S/c1-4-12-14-11(8-17-12)6-13-5-10-7-16(3)15-9(10)2/h7-8,13H,4-6H2,1-3H3. The highest BCUT2D eigenvalue weighted by Gasteiger charge is 2.03. The van der Waals surface area contributed by atoms with Crippen LogP contribution in [0.4, 0.5) is 0 Å². The number of nitrogens with one attached hydrogen (secondary N) is 1. The number of hydrogen-bond donors (Lipinski definition) is 1. The SMILES string of the molecule is CCc1nc(CNCc2cn(C)nc2C)cs1. The first-order chi connectivity index (χ1) is 8.19. The minimum absolute atomic E-state index is 0.824. The van der Waals surface area contributed by atoms with Crippen LogP contribution in [0.2, 0.25) is 0 Å². The van der Waals surface area contributed by atoms with E-state index in [1.54, 1.807) is 11.3 Å². The van der Waals surface area contributed by atoms with Crippen molar-refractivity contribution in [3.63, 3.8) is 0 Å². The molecule has 0 amide bonds. The van der Waals surface area contributed by atoms with Gasteiger partial charge in [-0.3, -0.25) is 4.68 Å². The van der Waals surface area contributed by atoms with Crippen molar-refractivity contribution >= 4 is 11.3 Å². The quantitative estimate of drug-likeness (QED) is 0.883. The first-order valence-corrected chi connectivity index (χ1v) is 6.70. The predicted octanol–water partition coefficient (Wildman–Crippen LogP) is 2.04. The van der Waals surface area contributed by atoms with Gasteiger partial charge in [-0.05, 0) is 13.3 Å². The summed E-state index contributed by atoms with van der Waals surface area (Å²) in [5, 5.41) is 11.1. The second-order valence-electron chi connectivity index (χ2n) is 4.10. The van der Waals surface area contributed by atoms with Crippen molar-refractivity contribution in [2.75, 3.05) is 0 Å². The fourth-order valence-electron chi connectivity index (χ4n) is 1.74. The molecule has 0 aliphatic heterocycles. The van der Waals surface area contributed by atoms with Crippen LogP contribution >= 0.6 is 11.3 Å². The van der Waals surface area contributed by atoms with Gasteiger partial charge in [0.05, 0.1) is 16.4 Å². The first kappa shape index (κ1) is 12.3. The summed E-state index contributed by atoms with van der Waals surface area (Å²) in [6.07, 6.45) is 3.08. The Bertz CT molecular complexity index is 486. The predicted molar refractivity (Wildman–Crippen MR) is 70.0 cm³/mol. The highest BCUT2D eigenvalue weighted by atomic mass is 32.1. The van der Waals surface area contributed by atoms with Gasteiger partial charge in [0.2, 0.25) is 0 Å². The highest BCUT2D eigenvalue weighted by Crippen LogP contribution is 2.10. The van der Waals surface area contributed by atoms with Crippen LogP contribution in [0.3, 0.4) is 0 Å². The van der Waals surface area contributed by atoms with Gasteiger partial charge in [-0.15, -0.1) is 11.3 Å². The molecule has 4 nitrogen and oxygen atoms in total. The smallest absolute Gasteiger partial charge is 0.0926 e. The van der Waals surface area contributed by atoms with E-state index in [-0.39, 0.29) is 0 Å². The summed E-state index contributed by atoms with van der Waals surface area (Å²) in [5.41, 5.74) is 3.47. The van der Waals surface area contributed by atoms with Gasteiger partial charge in [-0.2, -0.15) is 5.10 Å². The van der Waals surface area contributed by atoms with E-state index >= 15 is 0 Å². The third kappa shape index (κ3) is 3.14. The molecule has 0 aliphatic carbocycles. The Morgan fingerprint density at radius 2 is 2.24 bits per heavy atom. The van der Waals surface area contributed by atoms with E-state index in [9.17, 15) is 0 Å². The molecule has 0 saturated carbocycles. The van der Waals surface area contributed by atoms with Gasteiger partial charge >= 0.3 is 0 Å². The van der Waals surface area contributed by atoms with E-state index in [2.05, 4.69) is 33.9 Å². The molecule has 0 fully saturated rings. The van der Waals surface area contributed by atoms with Gasteiger partial charge in [0, 0.05) is 37.3 Å². The number of thiazole rings is 1. The molecule has 0 atom stereocenters. The lowest BCUT2D eigenvalue weighted by Crippen LogP contribution is -2.13. The molecule has 2 aromatic rings. The molecule has 1 N–H and O–H groups in total. The molecule has 0 spiro atoms. The van der Waals surface area contributed by atoms with Crippen LogP contribution in [0.15, 0.2) is 11.6 Å². The monoisotopic (exact) mass is 250 g/mol. The average molecular weight is 250 g/mol. The summed E-state index contributed by atoms with van der Waals surface area (Å²) < 4.78 is 1.85. The highest BCUT2D eigenvalue weighted by molar-refractivity contribution is 7.09. The molecular weight excluding hydrogens is 232 g/mol. The van der Waals surface area contributed by atoms with Crippen LogP contribution in [-0.2, 0) is 26.6 Å². The minimum Gasteiger partial charge on any atom is -0.307 e. The lowest BCUT2D eigenvalue weighted by Gasteiger charge is -2.00. The molecule has 17 heavy (non-hydrogen) atoms. The second-order valence-corrected chi connectivity index (χ2v) is 5.05. The zero-order valence-electron chi connectivity index (χ0n) is 10.5. The second kappa shape index (κ2) is 5.42. The molecule has 0 aliphatic rings. The number of aryl methyl sites for hydroxylation is 3. The van der Waals surface area contributed by atoms with E-state index in [1.807, 2.05) is 18.7 Å². The van der Waals surface area contributed by atoms with Crippen LogP contribution < -0.4 is 5.32 Å². The fraction of sp³-hybridized carbons (Fsp3) is 0.500. The van der Waals surface area contributed by atoms with E-state index < -0.39 is 0 Å². The van der Waals surface area contributed by atoms with Crippen LogP contribution in [0, 0.1) is 6.92 Å². The summed E-state index contributed by atoms with van der Waals surface area (Å²) in [6, 6.07) is 0. The van der Waals surface area contributed by atoms with Crippen molar-refractivity contribution in [2.24, 2.45) is 7.05 Å². The Kier molecular flexibility index (Phi) is 3.91. The molecule has 0 unspecified atom stereocenters. The lowest BCUT2D eigenvalue weighted by atomic mass is 10.2. The molecule has 0 bridgehead atoms. The van der Waals surface area contributed by atoms with Gasteiger partial charge in [-0.25, -0.2) is 4.98 Å². The van der Waals surface area contributed by atoms with Crippen molar-refractivity contribution < 1.29 is 0 Å². The fourth-order valence-corrected chi connectivity index (χ4v) is 2.48. The number of nitrogens with zero attached hydrogens (tertiary/aromatic N) is 3. The average Bonchev–Trinajstić information content (AvgIpc) is 2.86. The number of rotatable bonds is 5. The topological polar surface area (TPSA) is 42.7 Å². The third-order valence-electron chi connectivity index (χ3n) is 2.64. The van der Waals surface area contributed by atoms with Gasteiger partial charge in [0.15, 0.2) is 0 Å². The minimum atomic E-state index is 0.824. The zero-order chi connectivity index (χ0) is 12.3. The van der Waals surface area contributed by atoms with E-state index in [0.717, 1.165) is 30.9 Å². The summed E-state index contributed by atoms with van der Waals surface area (Å²) in [4.78, 5) is 4.52. The van der Waals surface area contributed by atoms with E-state index in [4.69, 9.17) is 0 Å². The van der Waals surface area contributed by atoms with Gasteiger partial charge in [0.25, 0.3) is 0 Å². The Labute approximate surface area is 106 Å². The summed E-state index contributed by atoms with van der Waals surface area (Å²) in [5.74, 6) is 0. The van der Waals surface area contributed by atoms with Crippen LogP contribution in [0.1, 0.15) is 28.9 Å². The molecule has 0 aromatic carbocycles. The summed E-state index contributed by atoms with van der Waals surface area (Å²) in [7, 11) is 1.95. The molecule has 0 radical (unpaired) electrons. The Morgan fingerprint density at radius 1 is 1.41 bits per heavy atom. The van der Waals surface area contributed by atoms with Gasteiger partial charge in [0.1, 0.15) is 0 Å². The normalized spacial score (nSPS) is 11.0. The van der Waals surface area contributed by atoms with Crippen LogP contribution in [0.25, 0.3) is 0 Å². The van der Waals surface area contributed by atoms with Gasteiger partial charge in [-0.1, -0.05) is 6.92 Å². The Morgan fingerprint density at radius 3 is 2.82 bits per heavy atom. The summed E-state index contributed by atoms with van der Waals surface area (Å²) in [6.45, 7) is 5.84. The Balaban J connectivity index is 1.85. The maximum Gasteiger partial charge on any atom is 0.0926 e. The van der Waals surface area contributed by atoms with Crippen LogP contribution in [0.5, 0.6) is 0 Å². The van der Waals surface area contributed by atoms with Gasteiger partial charge < -0.3 is 5.32 Å². The maximum atomic E-state index is 4.52. The summed E-state index contributed by atoms with van der Waals surface area (Å²) >= 11 is 1.74. The van der Waals surface area contributed by atoms with E-state index in [0.29, 0.717) is 0 Å². The van der Waals surface area contributed by atoms with Crippen LogP contribution in [-0.4, -0.2) is 14.8 Å². The number of aromatic nitrogens is 3. The molecule has 2 aromatic heterocycles. The molecule has 2 heterocycles. The first-order valence-electron chi connectivity index (χ1n) is 5.82. The molecule has 5 heteroatoms. The largest absolute Gasteiger partial charge is 0.307 e. The van der Waals surface area contributed by atoms with Crippen molar-refractivity contribution in [1.82, 2.24) is 20.1 Å². The Hall–Kier alpha value is -1.20. The van der Waals surface area contributed by atoms with Crippen molar-refractivity contribution in [2.45, 2.75) is 33.4 Å². The lowest BCUT2D eigenvalue weighted by molar-refractivity contribution is 0.678. The maximum absolute atomic E-state index is 4.52. The molecule has 2 rings (SSSR count). The molecule has 0 saturated heterocycles. The van der Waals surface area contributed by atoms with Crippen molar-refractivity contribution in [3.05, 3.63) is 33.5 Å². The van der Waals surface area contributed by atoms with E-state index in [1.165, 1.54) is 10.6 Å². The zero-order valence-corrected chi connectivity index (χ0v) is 11.3. The van der Waals surface area contributed by atoms with Crippen molar-refractivity contribution in [3.8, 4) is 0 Å². The van der Waals surface area contributed by atoms with Crippen molar-refractivity contribution in [1.29, 1.82) is 0 Å². The molecular formula is C12H18N4S. The number of hydrogen-bond acceptors (Lipinski definition) is 4. The molecule has 92 valence electrons. The third-order valence-corrected chi connectivity index (χ3v) is 3.68.